The minimum Gasteiger partial charge on any atom is -0.508 e. The summed E-state index contributed by atoms with van der Waals surface area (Å²) >= 11 is 1.46. The van der Waals surface area contributed by atoms with Gasteiger partial charge in [-0.15, -0.1) is 10.2 Å². The standard InChI is InChI=1S/C17H15N3O2S/c21-14-8-4-5-12(9-14)10-15(22)18-11-16-19-20-17(23-16)13-6-2-1-3-7-13/h1-9,21H,10-11H2,(H,18,22). The first-order valence-electron chi connectivity index (χ1n) is 7.13. The van der Waals surface area contributed by atoms with Crippen molar-refractivity contribution in [1.29, 1.82) is 0 Å². The molecule has 2 N–H and O–H groups in total. The van der Waals surface area contributed by atoms with Gasteiger partial charge in [0.1, 0.15) is 15.8 Å². The number of benzene rings is 2. The Morgan fingerprint density at radius 3 is 2.70 bits per heavy atom. The van der Waals surface area contributed by atoms with Crippen molar-refractivity contribution in [2.24, 2.45) is 0 Å². The molecule has 1 aromatic heterocycles. The van der Waals surface area contributed by atoms with Crippen LogP contribution in [0.15, 0.2) is 54.6 Å². The number of carbonyl (C=O) groups excluding carboxylic acids is 1. The summed E-state index contributed by atoms with van der Waals surface area (Å²) in [6.07, 6.45) is 0.221. The minimum absolute atomic E-state index is 0.118. The second-order valence-corrected chi connectivity index (χ2v) is 6.05. The molecule has 3 aromatic rings. The van der Waals surface area contributed by atoms with Gasteiger partial charge in [0.15, 0.2) is 0 Å². The van der Waals surface area contributed by atoms with Crippen LogP contribution in [-0.4, -0.2) is 21.2 Å². The number of aromatic nitrogens is 2. The lowest BCUT2D eigenvalue weighted by atomic mass is 10.1. The molecule has 1 heterocycles. The Hall–Kier alpha value is -2.73. The van der Waals surface area contributed by atoms with E-state index in [9.17, 15) is 9.90 Å². The summed E-state index contributed by atoms with van der Waals surface area (Å²) in [7, 11) is 0. The van der Waals surface area contributed by atoms with Crippen LogP contribution in [0.2, 0.25) is 0 Å². The Kier molecular flexibility index (Phi) is 4.63. The van der Waals surface area contributed by atoms with Gasteiger partial charge >= 0.3 is 0 Å². The maximum atomic E-state index is 11.9. The second kappa shape index (κ2) is 7.02. The lowest BCUT2D eigenvalue weighted by Gasteiger charge is -2.03. The first-order valence-corrected chi connectivity index (χ1v) is 7.95. The number of rotatable bonds is 5. The number of aromatic hydroxyl groups is 1. The van der Waals surface area contributed by atoms with Crippen molar-refractivity contribution in [3.63, 3.8) is 0 Å². The summed E-state index contributed by atoms with van der Waals surface area (Å²) in [6, 6.07) is 16.5. The molecule has 0 aliphatic heterocycles. The van der Waals surface area contributed by atoms with Gasteiger partial charge in [0.25, 0.3) is 0 Å². The summed E-state index contributed by atoms with van der Waals surface area (Å²) in [5.41, 5.74) is 1.78. The molecule has 5 nitrogen and oxygen atoms in total. The highest BCUT2D eigenvalue weighted by Crippen LogP contribution is 2.22. The van der Waals surface area contributed by atoms with Crippen LogP contribution in [0.5, 0.6) is 5.75 Å². The zero-order valence-electron chi connectivity index (χ0n) is 12.3. The third kappa shape index (κ3) is 4.14. The molecule has 0 aliphatic rings. The zero-order chi connectivity index (χ0) is 16.1. The topological polar surface area (TPSA) is 75.1 Å². The van der Waals surface area contributed by atoms with Crippen molar-refractivity contribution >= 4 is 17.2 Å². The minimum atomic E-state index is -0.118. The number of carbonyl (C=O) groups is 1. The van der Waals surface area contributed by atoms with Crippen molar-refractivity contribution < 1.29 is 9.90 Å². The van der Waals surface area contributed by atoms with Crippen LogP contribution >= 0.6 is 11.3 Å². The average molecular weight is 325 g/mol. The molecule has 0 spiro atoms. The van der Waals surface area contributed by atoms with Crippen molar-refractivity contribution in [2.45, 2.75) is 13.0 Å². The van der Waals surface area contributed by atoms with E-state index in [0.717, 1.165) is 21.1 Å². The number of hydrogen-bond acceptors (Lipinski definition) is 5. The molecule has 6 heteroatoms. The smallest absolute Gasteiger partial charge is 0.224 e. The number of phenolic OH excluding ortho intramolecular Hbond substituents is 1. The van der Waals surface area contributed by atoms with Gasteiger partial charge in [0.05, 0.1) is 13.0 Å². The van der Waals surface area contributed by atoms with Crippen molar-refractivity contribution in [3.8, 4) is 16.3 Å². The maximum absolute atomic E-state index is 11.9. The second-order valence-electron chi connectivity index (χ2n) is 4.99. The van der Waals surface area contributed by atoms with E-state index in [1.54, 1.807) is 24.3 Å². The zero-order valence-corrected chi connectivity index (χ0v) is 13.1. The Morgan fingerprint density at radius 1 is 1.09 bits per heavy atom. The van der Waals surface area contributed by atoms with Crippen molar-refractivity contribution in [1.82, 2.24) is 15.5 Å². The lowest BCUT2D eigenvalue weighted by molar-refractivity contribution is -0.120. The van der Waals surface area contributed by atoms with E-state index in [0.29, 0.717) is 6.54 Å². The molecule has 1 amide bonds. The first kappa shape index (κ1) is 15.2. The monoisotopic (exact) mass is 325 g/mol. The summed E-state index contributed by atoms with van der Waals surface area (Å²) in [4.78, 5) is 11.9. The number of phenols is 1. The highest BCUT2D eigenvalue weighted by Gasteiger charge is 2.08. The van der Waals surface area contributed by atoms with Crippen LogP contribution in [0.3, 0.4) is 0 Å². The molecule has 3 rings (SSSR count). The number of amides is 1. The average Bonchev–Trinajstić information content (AvgIpc) is 3.03. The third-order valence-corrected chi connectivity index (χ3v) is 4.17. The molecular formula is C17H15N3O2S. The molecule has 116 valence electrons. The van der Waals surface area contributed by atoms with E-state index >= 15 is 0 Å². The van der Waals surface area contributed by atoms with Gasteiger partial charge < -0.3 is 10.4 Å². The third-order valence-electron chi connectivity index (χ3n) is 3.20. The summed E-state index contributed by atoms with van der Waals surface area (Å²) in [6.45, 7) is 0.349. The number of hydrogen-bond donors (Lipinski definition) is 2. The molecule has 0 radical (unpaired) electrons. The Bertz CT molecular complexity index is 802. The van der Waals surface area contributed by atoms with Crippen LogP contribution in [0.4, 0.5) is 0 Å². The van der Waals surface area contributed by atoms with Gasteiger partial charge in [-0.2, -0.15) is 0 Å². The molecule has 0 saturated carbocycles. The summed E-state index contributed by atoms with van der Waals surface area (Å²) < 4.78 is 0. The largest absolute Gasteiger partial charge is 0.508 e. The first-order chi connectivity index (χ1) is 11.2. The van der Waals surface area contributed by atoms with Gasteiger partial charge in [-0.3, -0.25) is 4.79 Å². The van der Waals surface area contributed by atoms with Crippen molar-refractivity contribution in [3.05, 3.63) is 65.2 Å². The molecule has 0 fully saturated rings. The SMILES string of the molecule is O=C(Cc1cccc(O)c1)NCc1nnc(-c2ccccc2)s1. The summed E-state index contributed by atoms with van der Waals surface area (Å²) in [5.74, 6) is 0.0407. The van der Waals surface area contributed by atoms with Crippen LogP contribution < -0.4 is 5.32 Å². The van der Waals surface area contributed by atoms with Gasteiger partial charge in [-0.05, 0) is 17.7 Å². The quantitative estimate of drug-likeness (QED) is 0.756. The summed E-state index contributed by atoms with van der Waals surface area (Å²) in [5, 5.41) is 22.1. The van der Waals surface area contributed by atoms with E-state index in [2.05, 4.69) is 15.5 Å². The van der Waals surface area contributed by atoms with E-state index < -0.39 is 0 Å². The van der Waals surface area contributed by atoms with E-state index in [4.69, 9.17) is 0 Å². The Labute approximate surface area is 137 Å². The molecule has 2 aromatic carbocycles. The van der Waals surface area contributed by atoms with Gasteiger partial charge in [0, 0.05) is 5.56 Å². The predicted molar refractivity (Wildman–Crippen MR) is 89.0 cm³/mol. The number of nitrogens with one attached hydrogen (secondary N) is 1. The highest BCUT2D eigenvalue weighted by atomic mass is 32.1. The van der Waals surface area contributed by atoms with E-state index in [-0.39, 0.29) is 18.1 Å². The fourth-order valence-corrected chi connectivity index (χ4v) is 2.90. The molecule has 0 bridgehead atoms. The maximum Gasteiger partial charge on any atom is 0.224 e. The number of nitrogens with zero attached hydrogens (tertiary/aromatic N) is 2. The van der Waals surface area contributed by atoms with Crippen molar-refractivity contribution in [2.75, 3.05) is 0 Å². The fourth-order valence-electron chi connectivity index (χ4n) is 2.11. The van der Waals surface area contributed by atoms with Gasteiger partial charge in [-0.1, -0.05) is 53.8 Å². The van der Waals surface area contributed by atoms with Crippen LogP contribution in [0.25, 0.3) is 10.6 Å². The molecule has 0 atom stereocenters. The van der Waals surface area contributed by atoms with Crippen LogP contribution in [-0.2, 0) is 17.8 Å². The molecular weight excluding hydrogens is 310 g/mol. The Balaban J connectivity index is 1.56. The van der Waals surface area contributed by atoms with Crippen LogP contribution in [0.1, 0.15) is 10.6 Å². The van der Waals surface area contributed by atoms with E-state index in [1.165, 1.54) is 11.3 Å². The Morgan fingerprint density at radius 2 is 1.91 bits per heavy atom. The lowest BCUT2D eigenvalue weighted by Crippen LogP contribution is -2.24. The molecule has 0 aliphatic carbocycles. The normalized spacial score (nSPS) is 10.4. The molecule has 0 unspecified atom stereocenters. The molecule has 23 heavy (non-hydrogen) atoms. The predicted octanol–water partition coefficient (Wildman–Crippen LogP) is 2.77. The van der Waals surface area contributed by atoms with E-state index in [1.807, 2.05) is 30.3 Å². The molecule has 0 saturated heterocycles. The van der Waals surface area contributed by atoms with Gasteiger partial charge in [0.2, 0.25) is 5.91 Å². The van der Waals surface area contributed by atoms with Crippen LogP contribution in [0, 0.1) is 0 Å². The van der Waals surface area contributed by atoms with Gasteiger partial charge in [-0.25, -0.2) is 0 Å². The fraction of sp³-hybridized carbons (Fsp3) is 0.118. The highest BCUT2D eigenvalue weighted by molar-refractivity contribution is 7.14.